The number of hydrogen-bond acceptors (Lipinski definition) is 9. The van der Waals surface area contributed by atoms with Crippen molar-refractivity contribution >= 4 is 34.0 Å². The summed E-state index contributed by atoms with van der Waals surface area (Å²) in [5.74, 6) is 0.362. The van der Waals surface area contributed by atoms with Gasteiger partial charge in [0.15, 0.2) is 5.13 Å². The predicted molar refractivity (Wildman–Crippen MR) is 130 cm³/mol. The topological polar surface area (TPSA) is 119 Å². The fraction of sp³-hybridized carbons (Fsp3) is 0.348. The summed E-state index contributed by atoms with van der Waals surface area (Å²) < 4.78 is 0. The Balaban J connectivity index is 1.58. The molecule has 0 saturated carbocycles. The number of carbonyl (C=O) groups excluding carboxylic acids is 1. The van der Waals surface area contributed by atoms with Crippen molar-refractivity contribution in [2.45, 2.75) is 20.3 Å². The molecule has 0 aliphatic carbocycles. The van der Waals surface area contributed by atoms with E-state index in [-0.39, 0.29) is 5.91 Å². The van der Waals surface area contributed by atoms with Crippen molar-refractivity contribution in [2.75, 3.05) is 43.4 Å². The second-order valence-electron chi connectivity index (χ2n) is 7.68. The first-order chi connectivity index (χ1) is 16.1. The molecule has 0 radical (unpaired) electrons. The first kappa shape index (κ1) is 22.6. The lowest BCUT2D eigenvalue weighted by molar-refractivity contribution is 0.0736. The van der Waals surface area contributed by atoms with E-state index in [1.807, 2.05) is 30.0 Å². The molecule has 9 nitrogen and oxygen atoms in total. The van der Waals surface area contributed by atoms with Crippen molar-refractivity contribution < 1.29 is 4.79 Å². The van der Waals surface area contributed by atoms with Crippen LogP contribution in [-0.4, -0.2) is 58.5 Å². The van der Waals surface area contributed by atoms with E-state index in [4.69, 9.17) is 0 Å². The van der Waals surface area contributed by atoms with Crippen LogP contribution in [0.25, 0.3) is 10.6 Å². The van der Waals surface area contributed by atoms with Crippen LogP contribution in [0.5, 0.6) is 0 Å². The van der Waals surface area contributed by atoms with Crippen LogP contribution in [0.4, 0.5) is 16.8 Å². The standard InChI is InChI=1S/C23H26N8OS/c1-3-7-26-23-28-15(2)20(33-23)19-17(13-24)14-27-22(30-19)29-18-6-4-5-16(12-18)21(32)31-10-8-25-9-11-31/h4-6,12,14,25H,3,7-11H2,1-2H3,(H,26,28)(H,27,29,30). The number of piperazine rings is 1. The lowest BCUT2D eigenvalue weighted by atomic mass is 10.1. The van der Waals surface area contributed by atoms with E-state index in [1.54, 1.807) is 6.07 Å². The van der Waals surface area contributed by atoms with E-state index in [1.165, 1.54) is 17.5 Å². The number of hydrogen-bond donors (Lipinski definition) is 3. The summed E-state index contributed by atoms with van der Waals surface area (Å²) in [5.41, 5.74) is 3.06. The number of nitrogens with one attached hydrogen (secondary N) is 3. The normalized spacial score (nSPS) is 13.4. The van der Waals surface area contributed by atoms with Crippen LogP contribution in [0.2, 0.25) is 0 Å². The number of anilines is 3. The minimum atomic E-state index is 0.00831. The third-order valence-corrected chi connectivity index (χ3v) is 6.34. The fourth-order valence-electron chi connectivity index (χ4n) is 3.53. The Labute approximate surface area is 196 Å². The number of aryl methyl sites for hydroxylation is 1. The van der Waals surface area contributed by atoms with Gasteiger partial charge >= 0.3 is 0 Å². The van der Waals surface area contributed by atoms with Crippen LogP contribution in [0.3, 0.4) is 0 Å². The molecular formula is C23H26N8OS. The average Bonchev–Trinajstić information content (AvgIpc) is 3.23. The van der Waals surface area contributed by atoms with Crippen LogP contribution >= 0.6 is 11.3 Å². The maximum atomic E-state index is 12.8. The van der Waals surface area contributed by atoms with Crippen molar-refractivity contribution in [2.24, 2.45) is 0 Å². The molecule has 170 valence electrons. The van der Waals surface area contributed by atoms with E-state index >= 15 is 0 Å². The lowest BCUT2D eigenvalue weighted by Gasteiger charge is -2.27. The van der Waals surface area contributed by atoms with Crippen molar-refractivity contribution in [1.82, 2.24) is 25.2 Å². The Morgan fingerprint density at radius 1 is 1.30 bits per heavy atom. The Hall–Kier alpha value is -3.55. The molecule has 10 heteroatoms. The maximum Gasteiger partial charge on any atom is 0.254 e. The zero-order valence-corrected chi connectivity index (χ0v) is 19.5. The van der Waals surface area contributed by atoms with Crippen LogP contribution in [0.1, 0.15) is 35.0 Å². The molecule has 0 atom stereocenters. The van der Waals surface area contributed by atoms with Crippen molar-refractivity contribution in [3.8, 4) is 16.6 Å². The quantitative estimate of drug-likeness (QED) is 0.489. The van der Waals surface area contributed by atoms with Crippen LogP contribution in [0.15, 0.2) is 30.5 Å². The number of thiazole rings is 1. The van der Waals surface area contributed by atoms with Gasteiger partial charge in [-0.25, -0.2) is 15.0 Å². The summed E-state index contributed by atoms with van der Waals surface area (Å²) in [5, 5.41) is 20.1. The van der Waals surface area contributed by atoms with Gasteiger partial charge < -0.3 is 20.9 Å². The number of rotatable bonds is 7. The minimum Gasteiger partial charge on any atom is -0.362 e. The van der Waals surface area contributed by atoms with Gasteiger partial charge in [-0.05, 0) is 31.5 Å². The highest BCUT2D eigenvalue weighted by molar-refractivity contribution is 7.19. The summed E-state index contributed by atoms with van der Waals surface area (Å²) in [4.78, 5) is 29.0. The number of aromatic nitrogens is 3. The molecule has 1 amide bonds. The molecule has 0 bridgehead atoms. The highest BCUT2D eigenvalue weighted by Gasteiger charge is 2.19. The third-order valence-electron chi connectivity index (χ3n) is 5.22. The Bertz CT molecular complexity index is 1180. The van der Waals surface area contributed by atoms with E-state index in [9.17, 15) is 10.1 Å². The third kappa shape index (κ3) is 5.27. The predicted octanol–water partition coefficient (Wildman–Crippen LogP) is 3.39. The zero-order chi connectivity index (χ0) is 23.2. The van der Waals surface area contributed by atoms with Crippen LogP contribution in [0, 0.1) is 18.3 Å². The SMILES string of the molecule is CCCNc1nc(C)c(-c2nc(Nc3cccc(C(=O)N4CCNCC4)c3)ncc2C#N)s1. The summed E-state index contributed by atoms with van der Waals surface area (Å²) in [6.07, 6.45) is 2.51. The molecular weight excluding hydrogens is 436 g/mol. The molecule has 4 rings (SSSR count). The Morgan fingerprint density at radius 2 is 2.12 bits per heavy atom. The van der Waals surface area contributed by atoms with Crippen molar-refractivity contribution in [3.63, 3.8) is 0 Å². The van der Waals surface area contributed by atoms with Crippen LogP contribution < -0.4 is 16.0 Å². The van der Waals surface area contributed by atoms with E-state index in [2.05, 4.69) is 43.9 Å². The molecule has 0 unspecified atom stereocenters. The van der Waals surface area contributed by atoms with Gasteiger partial charge in [0.25, 0.3) is 5.91 Å². The van der Waals surface area contributed by atoms with Gasteiger partial charge in [0.05, 0.1) is 22.3 Å². The van der Waals surface area contributed by atoms with E-state index in [0.717, 1.165) is 41.8 Å². The average molecular weight is 463 g/mol. The molecule has 1 aromatic carbocycles. The second kappa shape index (κ2) is 10.4. The molecule has 1 aliphatic heterocycles. The summed E-state index contributed by atoms with van der Waals surface area (Å²) in [6.45, 7) is 7.83. The van der Waals surface area contributed by atoms with Crippen LogP contribution in [-0.2, 0) is 0 Å². The zero-order valence-electron chi connectivity index (χ0n) is 18.7. The number of amides is 1. The molecule has 0 spiro atoms. The highest BCUT2D eigenvalue weighted by Crippen LogP contribution is 2.34. The number of carbonyl (C=O) groups is 1. The summed E-state index contributed by atoms with van der Waals surface area (Å²) >= 11 is 1.47. The summed E-state index contributed by atoms with van der Waals surface area (Å²) in [7, 11) is 0. The van der Waals surface area contributed by atoms with Gasteiger partial charge in [-0.2, -0.15) is 5.26 Å². The smallest absolute Gasteiger partial charge is 0.254 e. The minimum absolute atomic E-state index is 0.00831. The fourth-order valence-corrected chi connectivity index (χ4v) is 4.53. The molecule has 33 heavy (non-hydrogen) atoms. The molecule has 1 aliphatic rings. The summed E-state index contributed by atoms with van der Waals surface area (Å²) in [6, 6.07) is 9.49. The van der Waals surface area contributed by atoms with Gasteiger partial charge in [0.1, 0.15) is 11.8 Å². The first-order valence-corrected chi connectivity index (χ1v) is 11.8. The molecule has 3 N–H and O–H groups in total. The Morgan fingerprint density at radius 3 is 2.88 bits per heavy atom. The monoisotopic (exact) mass is 462 g/mol. The second-order valence-corrected chi connectivity index (χ2v) is 8.68. The first-order valence-electron chi connectivity index (χ1n) is 10.9. The van der Waals surface area contributed by atoms with E-state index < -0.39 is 0 Å². The maximum absolute atomic E-state index is 12.8. The molecule has 1 saturated heterocycles. The van der Waals surface area contributed by atoms with Crippen molar-refractivity contribution in [1.29, 1.82) is 5.26 Å². The van der Waals surface area contributed by atoms with Crippen molar-refractivity contribution in [3.05, 3.63) is 47.3 Å². The molecule has 2 aromatic heterocycles. The highest BCUT2D eigenvalue weighted by atomic mass is 32.1. The lowest BCUT2D eigenvalue weighted by Crippen LogP contribution is -2.46. The number of benzene rings is 1. The molecule has 1 fully saturated rings. The van der Waals surface area contributed by atoms with Gasteiger partial charge in [-0.15, -0.1) is 0 Å². The number of nitriles is 1. The van der Waals surface area contributed by atoms with Gasteiger partial charge in [-0.3, -0.25) is 4.79 Å². The molecule has 3 heterocycles. The largest absolute Gasteiger partial charge is 0.362 e. The number of nitrogens with zero attached hydrogens (tertiary/aromatic N) is 5. The molecule has 3 aromatic rings. The van der Waals surface area contributed by atoms with Gasteiger partial charge in [-0.1, -0.05) is 24.3 Å². The van der Waals surface area contributed by atoms with Gasteiger partial charge in [0.2, 0.25) is 5.95 Å². The van der Waals surface area contributed by atoms with Gasteiger partial charge in [0, 0.05) is 44.0 Å². The Kier molecular flexibility index (Phi) is 7.12. The van der Waals surface area contributed by atoms with E-state index in [0.29, 0.717) is 41.5 Å².